The van der Waals surface area contributed by atoms with Gasteiger partial charge < -0.3 is 19.9 Å². The average molecular weight is 461 g/mol. The number of rotatable bonds is 8. The van der Waals surface area contributed by atoms with Crippen molar-refractivity contribution in [3.05, 3.63) is 52.8 Å². The summed E-state index contributed by atoms with van der Waals surface area (Å²) in [5.41, 5.74) is 1.78. The first-order valence-corrected chi connectivity index (χ1v) is 11.0. The summed E-state index contributed by atoms with van der Waals surface area (Å²) in [4.78, 5) is 21.1. The molecule has 2 aromatic rings. The molecular formula is C22H29BrN4O2. The fraction of sp³-hybridized carbons (Fsp3) is 0.455. The van der Waals surface area contributed by atoms with Crippen molar-refractivity contribution < 1.29 is 9.53 Å². The Kier molecular flexibility index (Phi) is 8.31. The summed E-state index contributed by atoms with van der Waals surface area (Å²) in [5.74, 6) is 0.880. The summed E-state index contributed by atoms with van der Waals surface area (Å²) in [6, 6.07) is 11.8. The molecule has 29 heavy (non-hydrogen) atoms. The second-order valence-corrected chi connectivity index (χ2v) is 8.00. The molecule has 1 fully saturated rings. The summed E-state index contributed by atoms with van der Waals surface area (Å²) in [5, 5.41) is 2.97. The fourth-order valence-corrected chi connectivity index (χ4v) is 3.84. The number of anilines is 1. The van der Waals surface area contributed by atoms with Crippen LogP contribution in [0.5, 0.6) is 5.75 Å². The lowest BCUT2D eigenvalue weighted by Gasteiger charge is -2.25. The minimum atomic E-state index is -0.0628. The normalized spacial score (nSPS) is 15.0. The van der Waals surface area contributed by atoms with Gasteiger partial charge in [0.05, 0.1) is 18.4 Å². The van der Waals surface area contributed by atoms with Crippen LogP contribution in [0.4, 0.5) is 5.69 Å². The van der Waals surface area contributed by atoms with Crippen molar-refractivity contribution in [2.45, 2.75) is 19.3 Å². The molecule has 0 unspecified atom stereocenters. The number of nitrogens with one attached hydrogen (secondary N) is 1. The van der Waals surface area contributed by atoms with Crippen molar-refractivity contribution in [1.29, 1.82) is 0 Å². The molecule has 0 saturated carbocycles. The van der Waals surface area contributed by atoms with Crippen molar-refractivity contribution in [3.8, 4) is 5.75 Å². The monoisotopic (exact) mass is 460 g/mol. The van der Waals surface area contributed by atoms with E-state index in [9.17, 15) is 4.79 Å². The zero-order valence-corrected chi connectivity index (χ0v) is 18.5. The molecule has 156 valence electrons. The standard InChI is InChI=1S/C22H29BrN4O2/c1-29-20-8-3-2-7-19(20)27-14-6-13-26(15-16-27)12-5-4-11-24-22(28)18-9-10-21(23)25-17-18/h2-3,7-10,17H,4-6,11-16H2,1H3,(H,24,28). The minimum Gasteiger partial charge on any atom is -0.495 e. The van der Waals surface area contributed by atoms with Crippen LogP contribution in [0.2, 0.25) is 0 Å². The molecule has 1 N–H and O–H groups in total. The summed E-state index contributed by atoms with van der Waals surface area (Å²) in [7, 11) is 1.73. The molecule has 0 atom stereocenters. The quantitative estimate of drug-likeness (QED) is 0.481. The Balaban J connectivity index is 1.36. The van der Waals surface area contributed by atoms with E-state index in [1.54, 1.807) is 25.4 Å². The van der Waals surface area contributed by atoms with Crippen molar-refractivity contribution >= 4 is 27.5 Å². The number of carbonyl (C=O) groups excluding carboxylic acids is 1. The molecule has 0 bridgehead atoms. The summed E-state index contributed by atoms with van der Waals surface area (Å²) in [6.07, 6.45) is 4.78. The Morgan fingerprint density at radius 3 is 2.79 bits per heavy atom. The number of halogens is 1. The Morgan fingerprint density at radius 2 is 2.00 bits per heavy atom. The molecule has 7 heteroatoms. The maximum absolute atomic E-state index is 12.1. The number of unbranched alkanes of at least 4 members (excludes halogenated alkanes) is 1. The third-order valence-electron chi connectivity index (χ3n) is 5.19. The predicted molar refractivity (Wildman–Crippen MR) is 120 cm³/mol. The number of carbonyl (C=O) groups is 1. The van der Waals surface area contributed by atoms with Gasteiger partial charge in [0, 0.05) is 32.4 Å². The lowest BCUT2D eigenvalue weighted by Crippen LogP contribution is -2.32. The van der Waals surface area contributed by atoms with Gasteiger partial charge in [-0.25, -0.2) is 4.98 Å². The molecule has 3 rings (SSSR count). The number of ether oxygens (including phenoxy) is 1. The molecular weight excluding hydrogens is 432 g/mol. The van der Waals surface area contributed by atoms with E-state index in [1.165, 1.54) is 5.69 Å². The Labute approximate surface area is 181 Å². The molecule has 1 aliphatic rings. The van der Waals surface area contributed by atoms with Gasteiger partial charge in [-0.1, -0.05) is 12.1 Å². The van der Waals surface area contributed by atoms with E-state index in [0.29, 0.717) is 12.1 Å². The van der Waals surface area contributed by atoms with E-state index in [1.807, 2.05) is 12.1 Å². The SMILES string of the molecule is COc1ccccc1N1CCCN(CCCCNC(=O)c2ccc(Br)nc2)CC1. The smallest absolute Gasteiger partial charge is 0.252 e. The number of para-hydroxylation sites is 2. The highest BCUT2D eigenvalue weighted by molar-refractivity contribution is 9.10. The van der Waals surface area contributed by atoms with Gasteiger partial charge in [0.15, 0.2) is 0 Å². The average Bonchev–Trinajstić information content (AvgIpc) is 2.99. The molecule has 6 nitrogen and oxygen atoms in total. The number of methoxy groups -OCH3 is 1. The Morgan fingerprint density at radius 1 is 1.14 bits per heavy atom. The van der Waals surface area contributed by atoms with Gasteiger partial charge in [-0.05, 0) is 72.5 Å². The van der Waals surface area contributed by atoms with Gasteiger partial charge in [-0.3, -0.25) is 4.79 Å². The summed E-state index contributed by atoms with van der Waals surface area (Å²) in [6.45, 7) is 5.98. The molecule has 1 aromatic carbocycles. The highest BCUT2D eigenvalue weighted by atomic mass is 79.9. The maximum atomic E-state index is 12.1. The van der Waals surface area contributed by atoms with Crippen LogP contribution in [0.1, 0.15) is 29.6 Å². The van der Waals surface area contributed by atoms with E-state index in [4.69, 9.17) is 4.74 Å². The second kappa shape index (κ2) is 11.2. The van der Waals surface area contributed by atoms with Crippen LogP contribution in [0.3, 0.4) is 0 Å². The van der Waals surface area contributed by atoms with Gasteiger partial charge in [-0.2, -0.15) is 0 Å². The van der Waals surface area contributed by atoms with Gasteiger partial charge in [-0.15, -0.1) is 0 Å². The number of benzene rings is 1. The fourth-order valence-electron chi connectivity index (χ4n) is 3.60. The zero-order chi connectivity index (χ0) is 20.5. The van der Waals surface area contributed by atoms with E-state index in [-0.39, 0.29) is 5.91 Å². The van der Waals surface area contributed by atoms with Crippen molar-refractivity contribution in [2.24, 2.45) is 0 Å². The highest BCUT2D eigenvalue weighted by Gasteiger charge is 2.17. The lowest BCUT2D eigenvalue weighted by molar-refractivity contribution is 0.0952. The number of nitrogens with zero attached hydrogens (tertiary/aromatic N) is 3. The molecule has 2 heterocycles. The topological polar surface area (TPSA) is 57.7 Å². The van der Waals surface area contributed by atoms with Gasteiger partial charge in [0.25, 0.3) is 5.91 Å². The van der Waals surface area contributed by atoms with Crippen LogP contribution in [0.25, 0.3) is 0 Å². The van der Waals surface area contributed by atoms with E-state index in [0.717, 1.165) is 62.3 Å². The summed E-state index contributed by atoms with van der Waals surface area (Å²) < 4.78 is 6.25. The molecule has 1 amide bonds. The first kappa shape index (κ1) is 21.6. The van der Waals surface area contributed by atoms with E-state index >= 15 is 0 Å². The van der Waals surface area contributed by atoms with Crippen LogP contribution >= 0.6 is 15.9 Å². The van der Waals surface area contributed by atoms with Crippen LogP contribution in [0, 0.1) is 0 Å². The number of pyridine rings is 1. The first-order chi connectivity index (χ1) is 14.2. The van der Waals surface area contributed by atoms with Crippen molar-refractivity contribution in [3.63, 3.8) is 0 Å². The molecule has 0 radical (unpaired) electrons. The maximum Gasteiger partial charge on any atom is 0.252 e. The number of aromatic nitrogens is 1. The minimum absolute atomic E-state index is 0.0628. The molecule has 1 aliphatic heterocycles. The molecule has 1 saturated heterocycles. The zero-order valence-electron chi connectivity index (χ0n) is 16.9. The number of hydrogen-bond donors (Lipinski definition) is 1. The van der Waals surface area contributed by atoms with Crippen LogP contribution in [-0.4, -0.2) is 62.2 Å². The lowest BCUT2D eigenvalue weighted by atomic mass is 10.2. The van der Waals surface area contributed by atoms with Gasteiger partial charge >= 0.3 is 0 Å². The molecule has 0 spiro atoms. The van der Waals surface area contributed by atoms with Crippen molar-refractivity contribution in [1.82, 2.24) is 15.2 Å². The van der Waals surface area contributed by atoms with E-state index in [2.05, 4.69) is 48.2 Å². The van der Waals surface area contributed by atoms with Crippen LogP contribution < -0.4 is 15.0 Å². The number of hydrogen-bond acceptors (Lipinski definition) is 5. The largest absolute Gasteiger partial charge is 0.495 e. The van der Waals surface area contributed by atoms with Crippen LogP contribution in [-0.2, 0) is 0 Å². The Bertz CT molecular complexity index is 785. The van der Waals surface area contributed by atoms with Gasteiger partial charge in [0.1, 0.15) is 10.4 Å². The van der Waals surface area contributed by atoms with E-state index < -0.39 is 0 Å². The molecule has 0 aliphatic carbocycles. The summed E-state index contributed by atoms with van der Waals surface area (Å²) >= 11 is 3.28. The Hall–Kier alpha value is -2.12. The van der Waals surface area contributed by atoms with Gasteiger partial charge in [0.2, 0.25) is 0 Å². The number of amides is 1. The third kappa shape index (κ3) is 6.44. The highest BCUT2D eigenvalue weighted by Crippen LogP contribution is 2.28. The third-order valence-corrected chi connectivity index (χ3v) is 5.66. The van der Waals surface area contributed by atoms with Crippen molar-refractivity contribution in [2.75, 3.05) is 51.3 Å². The van der Waals surface area contributed by atoms with Crippen LogP contribution in [0.15, 0.2) is 47.2 Å². The predicted octanol–water partition coefficient (Wildman–Crippen LogP) is 3.58. The second-order valence-electron chi connectivity index (χ2n) is 7.19. The first-order valence-electron chi connectivity index (χ1n) is 10.2. The molecule has 1 aromatic heterocycles.